The highest BCUT2D eigenvalue weighted by molar-refractivity contribution is 6.32. The summed E-state index contributed by atoms with van der Waals surface area (Å²) in [4.78, 5) is 8.44. The van der Waals surface area contributed by atoms with E-state index < -0.39 is 0 Å². The summed E-state index contributed by atoms with van der Waals surface area (Å²) in [5.74, 6) is 0.687. The molecule has 0 bridgehead atoms. The van der Waals surface area contributed by atoms with E-state index in [1.54, 1.807) is 12.4 Å². The number of aryl methyl sites for hydroxylation is 2. The lowest BCUT2D eigenvalue weighted by Gasteiger charge is -2.10. The molecular weight excluding hydrogens is 286 g/mol. The number of aromatic nitrogens is 2. The average molecular weight is 306 g/mol. The number of rotatable bonds is 5. The van der Waals surface area contributed by atoms with Crippen LogP contribution in [0, 0.1) is 13.8 Å². The normalized spacial score (nSPS) is 12.2. The van der Waals surface area contributed by atoms with Crippen molar-refractivity contribution in [3.63, 3.8) is 0 Å². The minimum atomic E-state index is 0.141. The van der Waals surface area contributed by atoms with Crippen molar-refractivity contribution in [3.8, 4) is 11.8 Å². The first-order valence-electron chi connectivity index (χ1n) is 7.00. The van der Waals surface area contributed by atoms with E-state index in [2.05, 4.69) is 16.9 Å². The van der Waals surface area contributed by atoms with E-state index in [0.717, 1.165) is 34.6 Å². The van der Waals surface area contributed by atoms with Gasteiger partial charge in [-0.2, -0.15) is 0 Å². The fourth-order valence-corrected chi connectivity index (χ4v) is 2.13. The van der Waals surface area contributed by atoms with Crippen LogP contribution in [0.1, 0.15) is 30.0 Å². The zero-order valence-electron chi connectivity index (χ0n) is 12.6. The molecule has 0 spiro atoms. The van der Waals surface area contributed by atoms with Gasteiger partial charge >= 0.3 is 6.01 Å². The Balaban J connectivity index is 2.10. The molecule has 1 aromatic carbocycles. The van der Waals surface area contributed by atoms with Gasteiger partial charge in [-0.1, -0.05) is 18.5 Å². The highest BCUT2D eigenvalue weighted by Gasteiger charge is 2.07. The third kappa shape index (κ3) is 4.16. The van der Waals surface area contributed by atoms with Crippen LogP contribution in [0.15, 0.2) is 24.5 Å². The van der Waals surface area contributed by atoms with Crippen LogP contribution < -0.4 is 10.5 Å². The Labute approximate surface area is 130 Å². The van der Waals surface area contributed by atoms with Gasteiger partial charge in [0.1, 0.15) is 5.75 Å². The van der Waals surface area contributed by atoms with Gasteiger partial charge in [0.15, 0.2) is 0 Å². The van der Waals surface area contributed by atoms with Crippen molar-refractivity contribution in [1.82, 2.24) is 9.97 Å². The molecule has 2 rings (SSSR count). The highest BCUT2D eigenvalue weighted by Crippen LogP contribution is 2.27. The van der Waals surface area contributed by atoms with E-state index >= 15 is 0 Å². The topological polar surface area (TPSA) is 61.0 Å². The minimum absolute atomic E-state index is 0.141. The standard InChI is InChI=1S/C16H20ClN3O/c1-4-13(18)7-12-8-19-16(20-9-12)21-14-5-10(2)15(17)11(3)6-14/h5-6,8-9,13H,4,7,18H2,1-3H3. The number of nitrogens with zero attached hydrogens (tertiary/aromatic N) is 2. The van der Waals surface area contributed by atoms with Crippen LogP contribution in [-0.2, 0) is 6.42 Å². The molecule has 0 aliphatic heterocycles. The summed E-state index contributed by atoms with van der Waals surface area (Å²) in [6.45, 7) is 5.95. The Kier molecular flexibility index (Phi) is 5.15. The van der Waals surface area contributed by atoms with Crippen LogP contribution in [-0.4, -0.2) is 16.0 Å². The molecule has 0 saturated carbocycles. The Bertz CT molecular complexity index is 590. The molecule has 0 amide bonds. The number of ether oxygens (including phenoxy) is 1. The maximum Gasteiger partial charge on any atom is 0.321 e. The molecule has 4 nitrogen and oxygen atoms in total. The lowest BCUT2D eigenvalue weighted by molar-refractivity contribution is 0.440. The van der Waals surface area contributed by atoms with Crippen LogP contribution in [0.2, 0.25) is 5.02 Å². The monoisotopic (exact) mass is 305 g/mol. The largest absolute Gasteiger partial charge is 0.424 e. The molecule has 1 unspecified atom stereocenters. The lowest BCUT2D eigenvalue weighted by atomic mass is 10.1. The van der Waals surface area contributed by atoms with Gasteiger partial charge in [0.05, 0.1) is 0 Å². The van der Waals surface area contributed by atoms with Gasteiger partial charge in [0, 0.05) is 23.5 Å². The van der Waals surface area contributed by atoms with Gasteiger partial charge in [0.2, 0.25) is 0 Å². The van der Waals surface area contributed by atoms with Crippen molar-refractivity contribution in [2.24, 2.45) is 5.73 Å². The molecule has 2 N–H and O–H groups in total. The van der Waals surface area contributed by atoms with Crippen molar-refractivity contribution in [3.05, 3.63) is 46.2 Å². The molecular formula is C16H20ClN3O. The van der Waals surface area contributed by atoms with E-state index in [-0.39, 0.29) is 6.04 Å². The van der Waals surface area contributed by atoms with Crippen LogP contribution in [0.5, 0.6) is 11.8 Å². The zero-order chi connectivity index (χ0) is 15.4. The molecule has 1 aromatic heterocycles. The second-order valence-electron chi connectivity index (χ2n) is 5.22. The number of hydrogen-bond donors (Lipinski definition) is 1. The van der Waals surface area contributed by atoms with Crippen LogP contribution >= 0.6 is 11.6 Å². The van der Waals surface area contributed by atoms with Crippen LogP contribution in [0.3, 0.4) is 0 Å². The smallest absolute Gasteiger partial charge is 0.321 e. The molecule has 21 heavy (non-hydrogen) atoms. The molecule has 2 aromatic rings. The molecule has 1 heterocycles. The maximum atomic E-state index is 6.14. The summed E-state index contributed by atoms with van der Waals surface area (Å²) in [6.07, 6.45) is 5.22. The molecule has 1 atom stereocenters. The van der Waals surface area contributed by atoms with Crippen molar-refractivity contribution in [2.75, 3.05) is 0 Å². The lowest BCUT2D eigenvalue weighted by Crippen LogP contribution is -2.21. The minimum Gasteiger partial charge on any atom is -0.424 e. The van der Waals surface area contributed by atoms with Crippen molar-refractivity contribution in [2.45, 2.75) is 39.7 Å². The Morgan fingerprint density at radius 1 is 1.19 bits per heavy atom. The molecule has 0 fully saturated rings. The number of hydrogen-bond acceptors (Lipinski definition) is 4. The number of nitrogens with two attached hydrogens (primary N) is 1. The summed E-state index contributed by atoms with van der Waals surface area (Å²) >= 11 is 6.14. The van der Waals surface area contributed by atoms with Gasteiger partial charge < -0.3 is 10.5 Å². The number of halogens is 1. The fourth-order valence-electron chi connectivity index (χ4n) is 2.02. The molecule has 0 saturated heterocycles. The maximum absolute atomic E-state index is 6.14. The zero-order valence-corrected chi connectivity index (χ0v) is 13.3. The first-order valence-corrected chi connectivity index (χ1v) is 7.38. The predicted molar refractivity (Wildman–Crippen MR) is 85.0 cm³/mol. The Morgan fingerprint density at radius 3 is 2.29 bits per heavy atom. The molecule has 0 aliphatic rings. The van der Waals surface area contributed by atoms with Crippen molar-refractivity contribution >= 4 is 11.6 Å². The van der Waals surface area contributed by atoms with Gasteiger partial charge in [0.25, 0.3) is 0 Å². The summed E-state index contributed by atoms with van der Waals surface area (Å²) < 4.78 is 5.67. The van der Waals surface area contributed by atoms with Crippen LogP contribution in [0.25, 0.3) is 0 Å². The third-order valence-corrected chi connectivity index (χ3v) is 3.92. The second kappa shape index (κ2) is 6.87. The van der Waals surface area contributed by atoms with Crippen molar-refractivity contribution in [1.29, 1.82) is 0 Å². The summed E-state index contributed by atoms with van der Waals surface area (Å²) in [5, 5.41) is 0.757. The van der Waals surface area contributed by atoms with E-state index in [0.29, 0.717) is 11.8 Å². The van der Waals surface area contributed by atoms with Gasteiger partial charge in [-0.05, 0) is 55.5 Å². The SMILES string of the molecule is CCC(N)Cc1cnc(Oc2cc(C)c(Cl)c(C)c2)nc1. The van der Waals surface area contributed by atoms with E-state index in [9.17, 15) is 0 Å². The van der Waals surface area contributed by atoms with Gasteiger partial charge in [-0.25, -0.2) is 9.97 Å². The summed E-state index contributed by atoms with van der Waals surface area (Å²) in [5.41, 5.74) is 8.87. The molecule has 5 heteroatoms. The average Bonchev–Trinajstić information content (AvgIpc) is 2.46. The van der Waals surface area contributed by atoms with Gasteiger partial charge in [-0.15, -0.1) is 0 Å². The van der Waals surface area contributed by atoms with E-state index in [1.807, 2.05) is 26.0 Å². The second-order valence-corrected chi connectivity index (χ2v) is 5.60. The highest BCUT2D eigenvalue weighted by atomic mass is 35.5. The quantitative estimate of drug-likeness (QED) is 0.912. The Morgan fingerprint density at radius 2 is 1.76 bits per heavy atom. The van der Waals surface area contributed by atoms with E-state index in [4.69, 9.17) is 22.1 Å². The molecule has 0 radical (unpaired) electrons. The summed E-state index contributed by atoms with van der Waals surface area (Å²) in [7, 11) is 0. The third-order valence-electron chi connectivity index (χ3n) is 3.32. The first kappa shape index (κ1) is 15.7. The molecule has 112 valence electrons. The number of benzene rings is 1. The predicted octanol–water partition coefficient (Wildman–Crippen LogP) is 3.82. The van der Waals surface area contributed by atoms with Gasteiger partial charge in [-0.3, -0.25) is 0 Å². The van der Waals surface area contributed by atoms with Crippen LogP contribution in [0.4, 0.5) is 0 Å². The fraction of sp³-hybridized carbons (Fsp3) is 0.375. The first-order chi connectivity index (χ1) is 9.99. The Hall–Kier alpha value is -1.65. The molecule has 0 aliphatic carbocycles. The van der Waals surface area contributed by atoms with Crippen molar-refractivity contribution < 1.29 is 4.74 Å². The van der Waals surface area contributed by atoms with E-state index in [1.165, 1.54) is 0 Å². The summed E-state index contributed by atoms with van der Waals surface area (Å²) in [6, 6.07) is 4.21.